The van der Waals surface area contributed by atoms with Crippen molar-refractivity contribution in [1.82, 2.24) is 5.32 Å². The van der Waals surface area contributed by atoms with Crippen LogP contribution in [-0.2, 0) is 9.47 Å². The second-order valence-corrected chi connectivity index (χ2v) is 4.21. The van der Waals surface area contributed by atoms with E-state index in [4.69, 9.17) is 9.47 Å². The molecule has 0 unspecified atom stereocenters. The summed E-state index contributed by atoms with van der Waals surface area (Å²) in [6, 6.07) is 7.23. The summed E-state index contributed by atoms with van der Waals surface area (Å²) in [6.07, 6.45) is 0.782. The maximum atomic E-state index is 11.8. The molecule has 0 bridgehead atoms. The first kappa shape index (κ1) is 15.0. The van der Waals surface area contributed by atoms with Crippen molar-refractivity contribution >= 4 is 18.5 Å². The van der Waals surface area contributed by atoms with Gasteiger partial charge < -0.3 is 14.8 Å². The summed E-state index contributed by atoms with van der Waals surface area (Å²) in [5, 5.41) is 2.83. The Balaban J connectivity index is 2.16. The van der Waals surface area contributed by atoms with Crippen LogP contribution < -0.4 is 5.32 Å². The van der Waals surface area contributed by atoms with Crippen LogP contribution in [0.25, 0.3) is 0 Å². The number of carbonyl (C=O) groups excluding carboxylic acids is 1. The monoisotopic (exact) mass is 269 g/mol. The van der Waals surface area contributed by atoms with E-state index in [0.717, 1.165) is 6.42 Å². The van der Waals surface area contributed by atoms with E-state index in [2.05, 4.69) is 17.9 Å². The zero-order valence-electron chi connectivity index (χ0n) is 10.5. The number of rotatable bonds is 8. The van der Waals surface area contributed by atoms with Crippen molar-refractivity contribution in [2.75, 3.05) is 33.5 Å². The van der Waals surface area contributed by atoms with Crippen molar-refractivity contribution in [2.45, 2.75) is 11.3 Å². The minimum absolute atomic E-state index is 0.0995. The van der Waals surface area contributed by atoms with Crippen LogP contribution in [0.15, 0.2) is 29.2 Å². The fourth-order valence-corrected chi connectivity index (χ4v) is 1.64. The van der Waals surface area contributed by atoms with Gasteiger partial charge in [-0.15, -0.1) is 12.6 Å². The predicted molar refractivity (Wildman–Crippen MR) is 73.3 cm³/mol. The molecule has 0 heterocycles. The average Bonchev–Trinajstić information content (AvgIpc) is 2.38. The minimum atomic E-state index is -0.0995. The Bertz CT molecular complexity index is 371. The molecule has 0 radical (unpaired) electrons. The average molecular weight is 269 g/mol. The zero-order valence-corrected chi connectivity index (χ0v) is 11.4. The van der Waals surface area contributed by atoms with Gasteiger partial charge in [0.05, 0.1) is 18.8 Å². The molecular formula is C13H19NO3S. The SMILES string of the molecule is COCCOCCCNC(=O)c1ccccc1S. The summed E-state index contributed by atoms with van der Waals surface area (Å²) in [6.45, 7) is 2.39. The van der Waals surface area contributed by atoms with Gasteiger partial charge in [0.15, 0.2) is 0 Å². The number of carbonyl (C=O) groups is 1. The lowest BCUT2D eigenvalue weighted by Gasteiger charge is -2.07. The van der Waals surface area contributed by atoms with Crippen molar-refractivity contribution in [3.63, 3.8) is 0 Å². The maximum Gasteiger partial charge on any atom is 0.252 e. The molecule has 1 rings (SSSR count). The summed E-state index contributed by atoms with van der Waals surface area (Å²) >= 11 is 4.24. The van der Waals surface area contributed by atoms with E-state index in [9.17, 15) is 4.79 Å². The van der Waals surface area contributed by atoms with Crippen LogP contribution in [0.5, 0.6) is 0 Å². The number of hydrogen-bond donors (Lipinski definition) is 2. The fraction of sp³-hybridized carbons (Fsp3) is 0.462. The smallest absolute Gasteiger partial charge is 0.252 e. The van der Waals surface area contributed by atoms with Crippen LogP contribution in [0.1, 0.15) is 16.8 Å². The highest BCUT2D eigenvalue weighted by atomic mass is 32.1. The van der Waals surface area contributed by atoms with Gasteiger partial charge in [-0.3, -0.25) is 4.79 Å². The van der Waals surface area contributed by atoms with Gasteiger partial charge in [0.1, 0.15) is 0 Å². The van der Waals surface area contributed by atoms with E-state index in [1.54, 1.807) is 19.2 Å². The van der Waals surface area contributed by atoms with Gasteiger partial charge in [-0.25, -0.2) is 0 Å². The van der Waals surface area contributed by atoms with Crippen molar-refractivity contribution in [3.8, 4) is 0 Å². The van der Waals surface area contributed by atoms with Crippen molar-refractivity contribution in [3.05, 3.63) is 29.8 Å². The minimum Gasteiger partial charge on any atom is -0.382 e. The van der Waals surface area contributed by atoms with Crippen LogP contribution in [0.2, 0.25) is 0 Å². The Morgan fingerprint density at radius 1 is 1.28 bits per heavy atom. The summed E-state index contributed by atoms with van der Waals surface area (Å²) in [5.74, 6) is -0.0995. The molecule has 1 N–H and O–H groups in total. The summed E-state index contributed by atoms with van der Waals surface area (Å²) in [5.41, 5.74) is 0.598. The predicted octanol–water partition coefficient (Wildman–Crippen LogP) is 1.76. The summed E-state index contributed by atoms with van der Waals surface area (Å²) in [4.78, 5) is 12.5. The number of benzene rings is 1. The lowest BCUT2D eigenvalue weighted by molar-refractivity contribution is 0.0688. The van der Waals surface area contributed by atoms with E-state index in [1.165, 1.54) is 0 Å². The molecule has 4 nitrogen and oxygen atoms in total. The van der Waals surface area contributed by atoms with E-state index in [-0.39, 0.29) is 5.91 Å². The number of ether oxygens (including phenoxy) is 2. The molecule has 0 aliphatic rings. The Kier molecular flexibility index (Phi) is 7.48. The third-order valence-electron chi connectivity index (χ3n) is 2.33. The van der Waals surface area contributed by atoms with E-state index >= 15 is 0 Å². The van der Waals surface area contributed by atoms with Gasteiger partial charge in [-0.2, -0.15) is 0 Å². The Hall–Kier alpha value is -1.04. The largest absolute Gasteiger partial charge is 0.382 e. The molecule has 1 aromatic carbocycles. The fourth-order valence-electron chi connectivity index (χ4n) is 1.38. The molecule has 0 aliphatic carbocycles. The standard InChI is InChI=1S/C13H19NO3S/c1-16-9-10-17-8-4-7-14-13(15)11-5-2-3-6-12(11)18/h2-3,5-6,18H,4,7-10H2,1H3,(H,14,15). The number of hydrogen-bond acceptors (Lipinski definition) is 4. The molecule has 1 amide bonds. The number of thiol groups is 1. The first-order valence-corrected chi connectivity index (χ1v) is 6.33. The molecule has 5 heteroatoms. The third kappa shape index (κ3) is 5.53. The van der Waals surface area contributed by atoms with Crippen LogP contribution in [0, 0.1) is 0 Å². The second kappa shape index (κ2) is 8.97. The van der Waals surface area contributed by atoms with Gasteiger partial charge >= 0.3 is 0 Å². The molecule has 100 valence electrons. The highest BCUT2D eigenvalue weighted by Crippen LogP contribution is 2.12. The normalized spacial score (nSPS) is 10.3. The molecule has 1 aromatic rings. The molecule has 18 heavy (non-hydrogen) atoms. The lowest BCUT2D eigenvalue weighted by Crippen LogP contribution is -2.25. The summed E-state index contributed by atoms with van der Waals surface area (Å²) in [7, 11) is 1.64. The van der Waals surface area contributed by atoms with Gasteiger partial charge in [-0.05, 0) is 18.6 Å². The van der Waals surface area contributed by atoms with Crippen LogP contribution >= 0.6 is 12.6 Å². The molecule has 0 saturated carbocycles. The van der Waals surface area contributed by atoms with Crippen molar-refractivity contribution in [2.24, 2.45) is 0 Å². The number of nitrogens with one attached hydrogen (secondary N) is 1. The second-order valence-electron chi connectivity index (χ2n) is 3.73. The van der Waals surface area contributed by atoms with E-state index in [1.807, 2.05) is 12.1 Å². The highest BCUT2D eigenvalue weighted by Gasteiger charge is 2.07. The maximum absolute atomic E-state index is 11.8. The first-order chi connectivity index (χ1) is 8.75. The topological polar surface area (TPSA) is 47.6 Å². The Morgan fingerprint density at radius 3 is 2.78 bits per heavy atom. The zero-order chi connectivity index (χ0) is 13.2. The lowest BCUT2D eigenvalue weighted by atomic mass is 10.2. The number of amides is 1. The van der Waals surface area contributed by atoms with Crippen LogP contribution in [0.4, 0.5) is 0 Å². The molecular weight excluding hydrogens is 250 g/mol. The summed E-state index contributed by atoms with van der Waals surface area (Å²) < 4.78 is 10.1. The molecule has 0 aliphatic heterocycles. The van der Waals surface area contributed by atoms with Crippen molar-refractivity contribution in [1.29, 1.82) is 0 Å². The van der Waals surface area contributed by atoms with Crippen molar-refractivity contribution < 1.29 is 14.3 Å². The molecule has 0 spiro atoms. The first-order valence-electron chi connectivity index (χ1n) is 5.88. The van der Waals surface area contributed by atoms with Gasteiger partial charge in [0, 0.05) is 25.2 Å². The van der Waals surface area contributed by atoms with E-state index in [0.29, 0.717) is 36.8 Å². The van der Waals surface area contributed by atoms with Crippen LogP contribution in [-0.4, -0.2) is 39.4 Å². The molecule has 0 atom stereocenters. The Morgan fingerprint density at radius 2 is 2.06 bits per heavy atom. The molecule has 0 saturated heterocycles. The van der Waals surface area contributed by atoms with E-state index < -0.39 is 0 Å². The Labute approximate surface area is 113 Å². The highest BCUT2D eigenvalue weighted by molar-refractivity contribution is 7.80. The van der Waals surface area contributed by atoms with Crippen LogP contribution in [0.3, 0.4) is 0 Å². The van der Waals surface area contributed by atoms with Gasteiger partial charge in [0.25, 0.3) is 5.91 Å². The van der Waals surface area contributed by atoms with Gasteiger partial charge in [0.2, 0.25) is 0 Å². The van der Waals surface area contributed by atoms with Gasteiger partial charge in [-0.1, -0.05) is 12.1 Å². The number of methoxy groups -OCH3 is 1. The molecule has 0 aromatic heterocycles. The quantitative estimate of drug-likeness (QED) is 0.558. The molecule has 0 fully saturated rings. The third-order valence-corrected chi connectivity index (χ3v) is 2.72.